The molecule has 0 radical (unpaired) electrons. The van der Waals surface area contributed by atoms with E-state index in [0.29, 0.717) is 18.6 Å². The number of benzene rings is 5. The number of aromatic hydroxyl groups is 1. The van der Waals surface area contributed by atoms with E-state index in [1.165, 1.54) is 0 Å². The number of halogens is 4. The van der Waals surface area contributed by atoms with Gasteiger partial charge in [-0.2, -0.15) is 0 Å². The Labute approximate surface area is 305 Å². The van der Waals surface area contributed by atoms with E-state index in [1.807, 2.05) is 103 Å². The Morgan fingerprint density at radius 3 is 1.51 bits per heavy atom. The molecule has 0 amide bonds. The number of carboxylic acid groups (broad SMARTS) is 1. The van der Waals surface area contributed by atoms with E-state index >= 15 is 0 Å². The average Bonchev–Trinajstić information content (AvgIpc) is 3.01. The van der Waals surface area contributed by atoms with Crippen LogP contribution in [0.4, 0.5) is 0 Å². The van der Waals surface area contributed by atoms with Crippen LogP contribution in [0.15, 0.2) is 115 Å². The van der Waals surface area contributed by atoms with Crippen LogP contribution in [-0.4, -0.2) is 22.2 Å². The van der Waals surface area contributed by atoms with Crippen LogP contribution in [0, 0.1) is 14.3 Å². The molecular weight excluding hydrogens is 994 g/mol. The summed E-state index contributed by atoms with van der Waals surface area (Å²) in [6.07, 6.45) is 0.255. The van der Waals surface area contributed by atoms with Crippen LogP contribution in [0.3, 0.4) is 0 Å². The lowest BCUT2D eigenvalue weighted by atomic mass is 9.76. The highest BCUT2D eigenvalue weighted by molar-refractivity contribution is 14.1. The Bertz CT molecular complexity index is 1590. The van der Waals surface area contributed by atoms with Crippen LogP contribution in [0.1, 0.15) is 22.3 Å². The van der Waals surface area contributed by atoms with Crippen molar-refractivity contribution in [2.45, 2.75) is 18.0 Å². The molecular formula is C34H25I4NO4. The Hall–Kier alpha value is -1.95. The molecule has 1 atom stereocenters. The topological polar surface area (TPSA) is 78.8 Å². The number of rotatable bonds is 10. The van der Waals surface area contributed by atoms with Crippen molar-refractivity contribution < 1.29 is 19.7 Å². The maximum absolute atomic E-state index is 12.9. The fourth-order valence-corrected chi connectivity index (χ4v) is 8.89. The van der Waals surface area contributed by atoms with Crippen LogP contribution in [-0.2, 0) is 16.8 Å². The van der Waals surface area contributed by atoms with Gasteiger partial charge in [-0.15, -0.1) is 0 Å². The molecule has 0 saturated carbocycles. The fraction of sp³-hybridized carbons (Fsp3) is 0.0882. The van der Waals surface area contributed by atoms with Gasteiger partial charge < -0.3 is 14.9 Å². The second-order valence-electron chi connectivity index (χ2n) is 9.81. The summed E-state index contributed by atoms with van der Waals surface area (Å²) in [5.41, 5.74) is 2.81. The highest BCUT2D eigenvalue weighted by atomic mass is 127. The number of nitrogens with one attached hydrogen (secondary N) is 1. The van der Waals surface area contributed by atoms with Gasteiger partial charge in [0.1, 0.15) is 17.5 Å². The minimum atomic E-state index is -0.939. The van der Waals surface area contributed by atoms with E-state index in [2.05, 4.69) is 95.7 Å². The lowest BCUT2D eigenvalue weighted by Gasteiger charge is -2.39. The summed E-state index contributed by atoms with van der Waals surface area (Å²) in [5, 5.41) is 24.3. The van der Waals surface area contributed by atoms with Crippen molar-refractivity contribution >= 4 is 96.3 Å². The van der Waals surface area contributed by atoms with E-state index in [9.17, 15) is 15.0 Å². The SMILES string of the molecule is O=C(O)[C@H](Cc1cc(I)c(Oc2cc(I)c(O)c(I)c2)c(I)c1)NC(c1ccccc1)(c1ccccc1)c1ccccc1. The van der Waals surface area contributed by atoms with Crippen molar-refractivity contribution in [3.63, 3.8) is 0 Å². The molecule has 5 aromatic rings. The summed E-state index contributed by atoms with van der Waals surface area (Å²) in [7, 11) is 0. The van der Waals surface area contributed by atoms with E-state index in [0.717, 1.165) is 29.4 Å². The number of phenolic OH excluding ortho intramolecular Hbond substituents is 1. The standard InChI is InChI=1S/C34H25I4NO4/c35-26-19-25(20-27(36)31(26)40)43-32-28(37)16-21(17-29(32)38)18-30(33(41)42)39-34(22-10-4-1-5-11-22,23-12-6-2-7-13-23)24-14-8-3-9-15-24/h1-17,19-20,30,39-40H,18H2,(H,41,42)/t30-/m0/s1. The summed E-state index contributed by atoms with van der Waals surface area (Å²) < 4.78 is 9.38. The first-order valence-corrected chi connectivity index (χ1v) is 17.5. The van der Waals surface area contributed by atoms with Crippen molar-refractivity contribution in [3.05, 3.63) is 152 Å². The highest BCUT2D eigenvalue weighted by Gasteiger charge is 2.40. The van der Waals surface area contributed by atoms with Crippen LogP contribution in [0.2, 0.25) is 0 Å². The first kappa shape index (κ1) is 32.4. The molecule has 3 N–H and O–H groups in total. The predicted octanol–water partition coefficient (Wildman–Crippen LogP) is 9.18. The van der Waals surface area contributed by atoms with Crippen LogP contribution < -0.4 is 10.1 Å². The molecule has 0 aromatic heterocycles. The zero-order valence-corrected chi connectivity index (χ0v) is 31.1. The Morgan fingerprint density at radius 1 is 0.698 bits per heavy atom. The lowest BCUT2D eigenvalue weighted by Crippen LogP contribution is -2.53. The summed E-state index contributed by atoms with van der Waals surface area (Å²) >= 11 is 8.63. The lowest BCUT2D eigenvalue weighted by molar-refractivity contribution is -0.139. The third-order valence-corrected chi connectivity index (χ3v) is 10.3. The zero-order chi connectivity index (χ0) is 30.6. The molecule has 0 heterocycles. The smallest absolute Gasteiger partial charge is 0.321 e. The van der Waals surface area contributed by atoms with Crippen LogP contribution >= 0.6 is 90.4 Å². The predicted molar refractivity (Wildman–Crippen MR) is 203 cm³/mol. The van der Waals surface area contributed by atoms with Gasteiger partial charge in [0.2, 0.25) is 0 Å². The third-order valence-electron chi connectivity index (χ3n) is 7.02. The quantitative estimate of drug-likeness (QED) is 0.0962. The van der Waals surface area contributed by atoms with Crippen LogP contribution in [0.25, 0.3) is 0 Å². The van der Waals surface area contributed by atoms with Gasteiger partial charge in [-0.1, -0.05) is 91.0 Å². The first-order valence-electron chi connectivity index (χ1n) is 13.2. The molecule has 0 fully saturated rings. The maximum Gasteiger partial charge on any atom is 0.321 e. The van der Waals surface area contributed by atoms with E-state index in [-0.39, 0.29) is 12.2 Å². The molecule has 0 aliphatic heterocycles. The van der Waals surface area contributed by atoms with Gasteiger partial charge >= 0.3 is 5.97 Å². The summed E-state index contributed by atoms with van der Waals surface area (Å²) in [4.78, 5) is 12.9. The number of ether oxygens (including phenoxy) is 1. The zero-order valence-electron chi connectivity index (χ0n) is 22.5. The molecule has 0 unspecified atom stereocenters. The third kappa shape index (κ3) is 7.31. The molecule has 5 nitrogen and oxygen atoms in total. The van der Waals surface area contributed by atoms with Crippen molar-refractivity contribution in [2.75, 3.05) is 0 Å². The van der Waals surface area contributed by atoms with Gasteiger partial charge in [-0.05, 0) is 143 Å². The molecule has 0 aliphatic carbocycles. The van der Waals surface area contributed by atoms with Gasteiger partial charge in [0.15, 0.2) is 5.75 Å². The number of aliphatic carboxylic acids is 1. The van der Waals surface area contributed by atoms with E-state index in [4.69, 9.17) is 4.74 Å². The highest BCUT2D eigenvalue weighted by Crippen LogP contribution is 2.39. The minimum Gasteiger partial charge on any atom is -0.506 e. The number of hydrogen-bond donors (Lipinski definition) is 3. The van der Waals surface area contributed by atoms with E-state index in [1.54, 1.807) is 12.1 Å². The fourth-order valence-electron chi connectivity index (χ4n) is 5.06. The van der Waals surface area contributed by atoms with Gasteiger partial charge in [-0.25, -0.2) is 0 Å². The second-order valence-corrected chi connectivity index (χ2v) is 14.5. The molecule has 5 aromatic carbocycles. The number of phenols is 1. The van der Waals surface area contributed by atoms with Gasteiger partial charge in [0.25, 0.3) is 0 Å². The Morgan fingerprint density at radius 2 is 1.12 bits per heavy atom. The Kier molecular flexibility index (Phi) is 10.9. The molecule has 43 heavy (non-hydrogen) atoms. The van der Waals surface area contributed by atoms with Crippen LogP contribution in [0.5, 0.6) is 17.2 Å². The average molecular weight is 1020 g/mol. The van der Waals surface area contributed by atoms with E-state index < -0.39 is 17.6 Å². The molecule has 0 spiro atoms. The monoisotopic (exact) mass is 1020 g/mol. The van der Waals surface area contributed by atoms with Crippen molar-refractivity contribution in [3.8, 4) is 17.2 Å². The van der Waals surface area contributed by atoms with Gasteiger partial charge in [-0.3, -0.25) is 10.1 Å². The van der Waals surface area contributed by atoms with Gasteiger partial charge in [0.05, 0.1) is 19.8 Å². The normalized spacial score (nSPS) is 12.1. The molecule has 0 aliphatic rings. The molecule has 0 bridgehead atoms. The second kappa shape index (κ2) is 14.4. The van der Waals surface area contributed by atoms with Crippen molar-refractivity contribution in [2.24, 2.45) is 0 Å². The Balaban J connectivity index is 1.54. The molecule has 9 heteroatoms. The largest absolute Gasteiger partial charge is 0.506 e. The maximum atomic E-state index is 12.9. The van der Waals surface area contributed by atoms with Crippen molar-refractivity contribution in [1.82, 2.24) is 5.32 Å². The first-order chi connectivity index (χ1) is 20.7. The molecule has 5 rings (SSSR count). The summed E-state index contributed by atoms with van der Waals surface area (Å²) in [6.45, 7) is 0. The number of hydrogen-bond acceptors (Lipinski definition) is 4. The number of carboxylic acids is 1. The minimum absolute atomic E-state index is 0.234. The summed E-state index contributed by atoms with van der Waals surface area (Å²) in [6, 6.07) is 36.6. The number of carbonyl (C=O) groups is 1. The summed E-state index contributed by atoms with van der Waals surface area (Å²) in [5.74, 6) is 0.608. The molecule has 218 valence electrons. The molecule has 0 saturated heterocycles. The van der Waals surface area contributed by atoms with Crippen molar-refractivity contribution in [1.29, 1.82) is 0 Å². The van der Waals surface area contributed by atoms with Gasteiger partial charge in [0, 0.05) is 0 Å².